The number of nitrogens with one attached hydrogen (secondary N) is 3. The topological polar surface area (TPSA) is 96.5 Å². The lowest BCUT2D eigenvalue weighted by Gasteiger charge is -2.11. The largest absolute Gasteiger partial charge is 0.468 e. The highest BCUT2D eigenvalue weighted by Crippen LogP contribution is 2.18. The number of methoxy groups -OCH3 is 1. The number of carbonyl (C=O) groups excluding carboxylic acids is 3. The smallest absolute Gasteiger partial charge is 0.325 e. The van der Waals surface area contributed by atoms with Crippen LogP contribution in [-0.4, -0.2) is 38.0 Å². The molecule has 0 atom stereocenters. The standard InChI is InChI=1S/C21H25N3O4/c1-14(2)16-5-4-6-18(11-16)24-19(25)12-22-17-9-7-15(8-10-17)21(27)23-13-20(26)28-3/h4-11,14,22H,12-13H2,1-3H3,(H,23,27)(H,24,25). The van der Waals surface area contributed by atoms with E-state index in [9.17, 15) is 14.4 Å². The number of anilines is 2. The van der Waals surface area contributed by atoms with Crippen LogP contribution in [0.25, 0.3) is 0 Å². The Balaban J connectivity index is 1.84. The summed E-state index contributed by atoms with van der Waals surface area (Å²) in [5.74, 6) is -0.671. The van der Waals surface area contributed by atoms with Crippen molar-refractivity contribution in [3.63, 3.8) is 0 Å². The van der Waals surface area contributed by atoms with Gasteiger partial charge in [0.2, 0.25) is 5.91 Å². The lowest BCUT2D eigenvalue weighted by atomic mass is 10.0. The molecule has 0 spiro atoms. The van der Waals surface area contributed by atoms with Crippen molar-refractivity contribution >= 4 is 29.2 Å². The Morgan fingerprint density at radius 1 is 0.964 bits per heavy atom. The van der Waals surface area contributed by atoms with E-state index in [0.717, 1.165) is 11.3 Å². The molecular weight excluding hydrogens is 358 g/mol. The molecule has 148 valence electrons. The highest BCUT2D eigenvalue weighted by molar-refractivity contribution is 5.96. The highest BCUT2D eigenvalue weighted by Gasteiger charge is 2.09. The van der Waals surface area contributed by atoms with Crippen molar-refractivity contribution in [3.8, 4) is 0 Å². The molecular formula is C21H25N3O4. The fourth-order valence-electron chi connectivity index (χ4n) is 2.43. The van der Waals surface area contributed by atoms with Gasteiger partial charge in [-0.15, -0.1) is 0 Å². The van der Waals surface area contributed by atoms with Crippen LogP contribution in [0.2, 0.25) is 0 Å². The second kappa shape index (κ2) is 10.1. The Hall–Kier alpha value is -3.35. The molecule has 3 N–H and O–H groups in total. The molecule has 7 nitrogen and oxygen atoms in total. The van der Waals surface area contributed by atoms with E-state index in [-0.39, 0.29) is 24.9 Å². The lowest BCUT2D eigenvalue weighted by molar-refractivity contribution is -0.139. The van der Waals surface area contributed by atoms with Gasteiger partial charge in [-0.2, -0.15) is 0 Å². The fraction of sp³-hybridized carbons (Fsp3) is 0.286. The van der Waals surface area contributed by atoms with Crippen LogP contribution in [0, 0.1) is 0 Å². The van der Waals surface area contributed by atoms with Crippen molar-refractivity contribution in [2.45, 2.75) is 19.8 Å². The Kier molecular flexibility index (Phi) is 7.56. The minimum Gasteiger partial charge on any atom is -0.468 e. The second-order valence-corrected chi connectivity index (χ2v) is 6.52. The normalized spacial score (nSPS) is 10.3. The van der Waals surface area contributed by atoms with Gasteiger partial charge in [0.05, 0.1) is 13.7 Å². The zero-order valence-corrected chi connectivity index (χ0v) is 16.2. The molecule has 0 saturated carbocycles. The summed E-state index contributed by atoms with van der Waals surface area (Å²) in [7, 11) is 1.26. The van der Waals surface area contributed by atoms with Gasteiger partial charge in [-0.25, -0.2) is 0 Å². The van der Waals surface area contributed by atoms with Gasteiger partial charge in [-0.1, -0.05) is 26.0 Å². The van der Waals surface area contributed by atoms with Crippen LogP contribution in [0.4, 0.5) is 11.4 Å². The third-order valence-electron chi connectivity index (χ3n) is 4.06. The molecule has 28 heavy (non-hydrogen) atoms. The van der Waals surface area contributed by atoms with E-state index in [1.807, 2.05) is 24.3 Å². The SMILES string of the molecule is COC(=O)CNC(=O)c1ccc(NCC(=O)Nc2cccc(C(C)C)c2)cc1. The van der Waals surface area contributed by atoms with Crippen molar-refractivity contribution in [1.82, 2.24) is 5.32 Å². The van der Waals surface area contributed by atoms with E-state index in [4.69, 9.17) is 0 Å². The van der Waals surface area contributed by atoms with E-state index in [0.29, 0.717) is 17.2 Å². The molecule has 7 heteroatoms. The molecule has 2 aromatic carbocycles. The van der Waals surface area contributed by atoms with Gasteiger partial charge in [-0.3, -0.25) is 14.4 Å². The van der Waals surface area contributed by atoms with E-state index in [1.54, 1.807) is 24.3 Å². The quantitative estimate of drug-likeness (QED) is 0.609. The van der Waals surface area contributed by atoms with E-state index in [1.165, 1.54) is 7.11 Å². The van der Waals surface area contributed by atoms with Gasteiger partial charge in [0, 0.05) is 16.9 Å². The summed E-state index contributed by atoms with van der Waals surface area (Å²) in [5.41, 5.74) is 3.03. The number of amides is 2. The number of carbonyl (C=O) groups is 3. The molecule has 0 saturated heterocycles. The fourth-order valence-corrected chi connectivity index (χ4v) is 2.43. The van der Waals surface area contributed by atoms with Gasteiger partial charge >= 0.3 is 5.97 Å². The molecule has 0 aliphatic rings. The summed E-state index contributed by atoms with van der Waals surface area (Å²) in [4.78, 5) is 35.1. The molecule has 0 aromatic heterocycles. The molecule has 2 amide bonds. The van der Waals surface area contributed by atoms with Crippen LogP contribution >= 0.6 is 0 Å². The van der Waals surface area contributed by atoms with Gasteiger partial charge in [0.1, 0.15) is 6.54 Å². The van der Waals surface area contributed by atoms with Crippen LogP contribution in [0.15, 0.2) is 48.5 Å². The third kappa shape index (κ3) is 6.42. The van der Waals surface area contributed by atoms with Crippen LogP contribution in [0.1, 0.15) is 35.7 Å². The number of esters is 1. The molecule has 0 fully saturated rings. The first-order chi connectivity index (χ1) is 13.4. The molecule has 0 aliphatic heterocycles. The molecule has 2 aromatic rings. The number of rotatable bonds is 8. The maximum Gasteiger partial charge on any atom is 0.325 e. The summed E-state index contributed by atoms with van der Waals surface area (Å²) < 4.78 is 4.47. The first-order valence-corrected chi connectivity index (χ1v) is 8.98. The average Bonchev–Trinajstić information content (AvgIpc) is 2.70. The summed E-state index contributed by atoms with van der Waals surface area (Å²) >= 11 is 0. The third-order valence-corrected chi connectivity index (χ3v) is 4.06. The van der Waals surface area contributed by atoms with E-state index >= 15 is 0 Å². The number of benzene rings is 2. The highest BCUT2D eigenvalue weighted by atomic mass is 16.5. The molecule has 0 radical (unpaired) electrons. The van der Waals surface area contributed by atoms with E-state index < -0.39 is 5.97 Å². The zero-order valence-electron chi connectivity index (χ0n) is 16.2. The molecule has 0 heterocycles. The van der Waals surface area contributed by atoms with Crippen molar-refractivity contribution in [3.05, 3.63) is 59.7 Å². The van der Waals surface area contributed by atoms with Gasteiger partial charge in [-0.05, 0) is 47.9 Å². The molecule has 0 unspecified atom stereocenters. The monoisotopic (exact) mass is 383 g/mol. The minimum atomic E-state index is -0.517. The second-order valence-electron chi connectivity index (χ2n) is 6.52. The van der Waals surface area contributed by atoms with Crippen LogP contribution in [-0.2, 0) is 14.3 Å². The summed E-state index contributed by atoms with van der Waals surface area (Å²) in [5, 5.41) is 8.33. The Bertz CT molecular complexity index is 832. The van der Waals surface area contributed by atoms with Crippen LogP contribution in [0.3, 0.4) is 0 Å². The van der Waals surface area contributed by atoms with E-state index in [2.05, 4.69) is 34.5 Å². The lowest BCUT2D eigenvalue weighted by Crippen LogP contribution is -2.30. The molecule has 0 bridgehead atoms. The van der Waals surface area contributed by atoms with Gasteiger partial charge in [0.25, 0.3) is 5.91 Å². The maximum absolute atomic E-state index is 12.1. The van der Waals surface area contributed by atoms with Crippen LogP contribution in [0.5, 0.6) is 0 Å². The van der Waals surface area contributed by atoms with Crippen molar-refractivity contribution in [2.75, 3.05) is 30.8 Å². The molecule has 2 rings (SSSR count). The average molecular weight is 383 g/mol. The zero-order chi connectivity index (χ0) is 20.5. The number of hydrogen-bond acceptors (Lipinski definition) is 5. The predicted molar refractivity (Wildman–Crippen MR) is 108 cm³/mol. The van der Waals surface area contributed by atoms with Crippen LogP contribution < -0.4 is 16.0 Å². The Morgan fingerprint density at radius 3 is 2.32 bits per heavy atom. The predicted octanol–water partition coefficient (Wildman–Crippen LogP) is 2.76. The first kappa shape index (κ1) is 21.0. The number of ether oxygens (including phenoxy) is 1. The Morgan fingerprint density at radius 2 is 1.68 bits per heavy atom. The Labute approximate surface area is 164 Å². The maximum atomic E-state index is 12.1. The van der Waals surface area contributed by atoms with Crippen molar-refractivity contribution in [1.29, 1.82) is 0 Å². The van der Waals surface area contributed by atoms with Gasteiger partial charge < -0.3 is 20.7 Å². The summed E-state index contributed by atoms with van der Waals surface area (Å²) in [6, 6.07) is 14.4. The first-order valence-electron chi connectivity index (χ1n) is 8.98. The van der Waals surface area contributed by atoms with Crippen molar-refractivity contribution in [2.24, 2.45) is 0 Å². The number of hydrogen-bond donors (Lipinski definition) is 3. The summed E-state index contributed by atoms with van der Waals surface area (Å²) in [6.45, 7) is 4.11. The van der Waals surface area contributed by atoms with Crippen molar-refractivity contribution < 1.29 is 19.1 Å². The summed E-state index contributed by atoms with van der Waals surface area (Å²) in [6.07, 6.45) is 0. The minimum absolute atomic E-state index is 0.0970. The molecule has 0 aliphatic carbocycles. The van der Waals surface area contributed by atoms with Gasteiger partial charge in [0.15, 0.2) is 0 Å².